The zero-order valence-electron chi connectivity index (χ0n) is 24.5. The van der Waals surface area contributed by atoms with Gasteiger partial charge in [-0.15, -0.1) is 0 Å². The predicted octanol–water partition coefficient (Wildman–Crippen LogP) is 5.98. The normalized spacial score (nSPS) is 13.3. The molecule has 0 aliphatic carbocycles. The number of ether oxygens (including phenoxy) is 2. The number of methoxy groups -OCH3 is 2. The third-order valence-corrected chi connectivity index (χ3v) is 7.13. The number of benzene rings is 4. The van der Waals surface area contributed by atoms with Crippen molar-refractivity contribution in [3.05, 3.63) is 114 Å². The number of nitrogens with zero attached hydrogens (tertiary/aromatic N) is 2. The topological polar surface area (TPSA) is 83.1 Å². The Kier molecular flexibility index (Phi) is 8.73. The number of hydrogen-bond donors (Lipinski definition) is 2. The van der Waals surface area contributed by atoms with E-state index >= 15 is 0 Å². The van der Waals surface area contributed by atoms with Gasteiger partial charge in [0.05, 0.1) is 31.2 Å². The zero-order valence-corrected chi connectivity index (χ0v) is 24.5. The van der Waals surface area contributed by atoms with Crippen LogP contribution in [0.5, 0.6) is 11.5 Å². The summed E-state index contributed by atoms with van der Waals surface area (Å²) < 4.78 is 24.6. The molecule has 0 saturated heterocycles. The van der Waals surface area contributed by atoms with Crippen molar-refractivity contribution in [1.29, 1.82) is 0 Å². The predicted molar refractivity (Wildman–Crippen MR) is 168 cm³/mol. The van der Waals surface area contributed by atoms with E-state index in [9.17, 15) is 14.0 Å². The molecule has 0 fully saturated rings. The van der Waals surface area contributed by atoms with Gasteiger partial charge < -0.3 is 29.9 Å². The van der Waals surface area contributed by atoms with Crippen LogP contribution in [0.15, 0.2) is 91.0 Å². The second-order valence-corrected chi connectivity index (χ2v) is 10.3. The molecule has 0 spiro atoms. The molecule has 8 nitrogen and oxygen atoms in total. The van der Waals surface area contributed by atoms with E-state index in [0.29, 0.717) is 64.0 Å². The van der Waals surface area contributed by atoms with Gasteiger partial charge in [-0.1, -0.05) is 30.3 Å². The summed E-state index contributed by atoms with van der Waals surface area (Å²) in [4.78, 5) is 30.6. The summed E-state index contributed by atoms with van der Waals surface area (Å²) in [6.07, 6.45) is 0. The van der Waals surface area contributed by atoms with Crippen molar-refractivity contribution in [2.24, 2.45) is 0 Å². The smallest absolute Gasteiger partial charge is 0.258 e. The van der Waals surface area contributed by atoms with Crippen molar-refractivity contribution < 1.29 is 23.5 Å². The fraction of sp³-hybridized carbons (Fsp3) is 0.176. The number of amides is 2. The zero-order chi connectivity index (χ0) is 30.5. The van der Waals surface area contributed by atoms with E-state index in [4.69, 9.17) is 9.47 Å². The maximum atomic E-state index is 13.9. The van der Waals surface area contributed by atoms with Crippen LogP contribution in [0.25, 0.3) is 11.3 Å². The molecule has 1 aliphatic heterocycles. The molecule has 2 N–H and O–H groups in total. The van der Waals surface area contributed by atoms with Crippen molar-refractivity contribution in [3.63, 3.8) is 0 Å². The molecular weight excluding hydrogens is 547 g/mol. The molecule has 0 radical (unpaired) electrons. The van der Waals surface area contributed by atoms with Crippen LogP contribution in [0.1, 0.15) is 21.5 Å². The Bertz CT molecular complexity index is 1670. The Morgan fingerprint density at radius 2 is 1.56 bits per heavy atom. The number of nitrogens with one attached hydrogen (secondary N) is 2. The second-order valence-electron chi connectivity index (χ2n) is 10.3. The molecule has 0 saturated carbocycles. The first-order valence-corrected chi connectivity index (χ1v) is 13.8. The van der Waals surface area contributed by atoms with Crippen LogP contribution in [-0.4, -0.2) is 58.1 Å². The van der Waals surface area contributed by atoms with Crippen molar-refractivity contribution >= 4 is 40.1 Å². The fourth-order valence-corrected chi connectivity index (χ4v) is 4.92. The summed E-state index contributed by atoms with van der Waals surface area (Å²) >= 11 is 0. The van der Waals surface area contributed by atoms with Crippen LogP contribution >= 0.6 is 0 Å². The van der Waals surface area contributed by atoms with Crippen LogP contribution < -0.4 is 25.0 Å². The lowest BCUT2D eigenvalue weighted by atomic mass is 10.00. The third-order valence-electron chi connectivity index (χ3n) is 7.13. The number of carbonyl (C=O) groups excluding carboxylic acids is 2. The van der Waals surface area contributed by atoms with Gasteiger partial charge in [0.2, 0.25) is 0 Å². The van der Waals surface area contributed by atoms with Gasteiger partial charge in [-0.25, -0.2) is 4.39 Å². The summed E-state index contributed by atoms with van der Waals surface area (Å²) in [5, 5.41) is 6.18. The lowest BCUT2D eigenvalue weighted by Crippen LogP contribution is -2.36. The Morgan fingerprint density at radius 1 is 0.837 bits per heavy atom. The Labute approximate surface area is 250 Å². The highest BCUT2D eigenvalue weighted by Crippen LogP contribution is 2.38. The number of anilines is 3. The van der Waals surface area contributed by atoms with E-state index in [0.717, 1.165) is 5.56 Å². The van der Waals surface area contributed by atoms with E-state index < -0.39 is 5.82 Å². The van der Waals surface area contributed by atoms with Gasteiger partial charge in [0, 0.05) is 35.6 Å². The van der Waals surface area contributed by atoms with Crippen LogP contribution in [0, 0.1) is 5.82 Å². The van der Waals surface area contributed by atoms with Crippen LogP contribution in [0.2, 0.25) is 0 Å². The summed E-state index contributed by atoms with van der Waals surface area (Å²) in [5.41, 5.74) is 4.73. The van der Waals surface area contributed by atoms with Gasteiger partial charge in [0.1, 0.15) is 5.82 Å². The number of rotatable bonds is 10. The molecule has 0 unspecified atom stereocenters. The van der Waals surface area contributed by atoms with E-state index in [1.165, 1.54) is 19.2 Å². The standard InChI is InChI=1S/C34H33FN4O4/c1-38(2)18-19-39(34(41)23-10-17-29(42-3)30(20-23)43-4)26-14-12-25(13-15-26)36-32(22-8-6-5-7-9-22)31-27-16-11-24(35)21-28(27)37-33(31)40/h5-17,20-21,36H,18-19H2,1-4H3,(H,37,40). The van der Waals surface area contributed by atoms with Crippen LogP contribution in [0.3, 0.4) is 0 Å². The van der Waals surface area contributed by atoms with Crippen molar-refractivity contribution in [1.82, 2.24) is 4.90 Å². The number of fused-ring (bicyclic) bond motifs is 1. The minimum absolute atomic E-state index is 0.179. The summed E-state index contributed by atoms with van der Waals surface area (Å²) in [6.45, 7) is 1.11. The Morgan fingerprint density at radius 3 is 2.23 bits per heavy atom. The van der Waals surface area contributed by atoms with Gasteiger partial charge in [0.15, 0.2) is 11.5 Å². The molecular formula is C34H33FN4O4. The van der Waals surface area contributed by atoms with Crippen molar-refractivity contribution in [2.75, 3.05) is 56.9 Å². The molecule has 4 aromatic rings. The molecule has 1 heterocycles. The highest BCUT2D eigenvalue weighted by atomic mass is 19.1. The monoisotopic (exact) mass is 580 g/mol. The molecule has 220 valence electrons. The van der Waals surface area contributed by atoms with E-state index in [2.05, 4.69) is 10.6 Å². The first-order chi connectivity index (χ1) is 20.8. The SMILES string of the molecule is COc1ccc(C(=O)N(CCN(C)C)c2ccc(NC(=C3C(=O)Nc4cc(F)ccc43)c3ccccc3)cc2)cc1OC. The maximum Gasteiger partial charge on any atom is 0.258 e. The minimum Gasteiger partial charge on any atom is -0.493 e. The van der Waals surface area contributed by atoms with Gasteiger partial charge >= 0.3 is 0 Å². The lowest BCUT2D eigenvalue weighted by molar-refractivity contribution is -0.110. The quantitative estimate of drug-likeness (QED) is 0.225. The van der Waals surface area contributed by atoms with Gasteiger partial charge in [-0.2, -0.15) is 0 Å². The molecule has 0 atom stereocenters. The molecule has 9 heteroatoms. The molecule has 0 aromatic heterocycles. The summed E-state index contributed by atoms with van der Waals surface area (Å²) in [5.74, 6) is 0.0936. The average molecular weight is 581 g/mol. The van der Waals surface area contributed by atoms with Crippen LogP contribution in [-0.2, 0) is 4.79 Å². The number of halogens is 1. The van der Waals surface area contributed by atoms with Crippen molar-refractivity contribution in [3.8, 4) is 11.5 Å². The third kappa shape index (κ3) is 6.37. The summed E-state index contributed by atoms with van der Waals surface area (Å²) in [6, 6.07) is 26.3. The Hall–Kier alpha value is -5.15. The van der Waals surface area contributed by atoms with Gasteiger partial charge in [-0.3, -0.25) is 9.59 Å². The molecule has 1 aliphatic rings. The number of hydrogen-bond acceptors (Lipinski definition) is 6. The highest BCUT2D eigenvalue weighted by Gasteiger charge is 2.29. The van der Waals surface area contributed by atoms with E-state index in [1.54, 1.807) is 36.3 Å². The van der Waals surface area contributed by atoms with E-state index in [-0.39, 0.29) is 11.8 Å². The first-order valence-electron chi connectivity index (χ1n) is 13.8. The highest BCUT2D eigenvalue weighted by molar-refractivity contribution is 6.37. The van der Waals surface area contributed by atoms with E-state index in [1.807, 2.05) is 73.6 Å². The van der Waals surface area contributed by atoms with Gasteiger partial charge in [-0.05, 0) is 80.3 Å². The summed E-state index contributed by atoms with van der Waals surface area (Å²) in [7, 11) is 6.99. The molecule has 5 rings (SSSR count). The lowest BCUT2D eigenvalue weighted by Gasteiger charge is -2.25. The number of carbonyl (C=O) groups is 2. The molecule has 2 amide bonds. The van der Waals surface area contributed by atoms with Crippen LogP contribution in [0.4, 0.5) is 21.5 Å². The van der Waals surface area contributed by atoms with Crippen molar-refractivity contribution in [2.45, 2.75) is 0 Å². The second kappa shape index (κ2) is 12.8. The molecule has 0 bridgehead atoms. The fourth-order valence-electron chi connectivity index (χ4n) is 4.92. The first kappa shape index (κ1) is 29.3. The molecule has 43 heavy (non-hydrogen) atoms. The largest absolute Gasteiger partial charge is 0.493 e. The Balaban J connectivity index is 1.49. The minimum atomic E-state index is -0.424. The van der Waals surface area contributed by atoms with Gasteiger partial charge in [0.25, 0.3) is 11.8 Å². The average Bonchev–Trinajstić information content (AvgIpc) is 3.34. The number of likely N-dealkylation sites (N-methyl/N-ethyl adjacent to an activating group) is 1. The maximum absolute atomic E-state index is 13.9. The molecule has 4 aromatic carbocycles.